The van der Waals surface area contributed by atoms with E-state index < -0.39 is 18.2 Å². The van der Waals surface area contributed by atoms with Gasteiger partial charge in [-0.3, -0.25) is 14.4 Å². The van der Waals surface area contributed by atoms with Gasteiger partial charge in [-0.05, 0) is 35.2 Å². The number of imidazole rings is 1. The Balaban J connectivity index is 1.51. The number of Topliss-reactive ketones (excluding diaryl/α,β-unsaturated/α-hetero) is 2. The smallest absolute Gasteiger partial charge is 0.307 e. The fourth-order valence-corrected chi connectivity index (χ4v) is 4.75. The summed E-state index contributed by atoms with van der Waals surface area (Å²) in [4.78, 5) is 42.5. The number of aromatic nitrogens is 6. The van der Waals surface area contributed by atoms with Gasteiger partial charge in [-0.25, -0.2) is 4.98 Å². The van der Waals surface area contributed by atoms with Crippen molar-refractivity contribution in [2.45, 2.75) is 46.1 Å². The maximum atomic E-state index is 13.4. The summed E-state index contributed by atoms with van der Waals surface area (Å²) in [7, 11) is 0. The Labute approximate surface area is 218 Å². The van der Waals surface area contributed by atoms with E-state index in [4.69, 9.17) is 0 Å². The molecule has 0 spiro atoms. The summed E-state index contributed by atoms with van der Waals surface area (Å²) in [6.45, 7) is 3.88. The van der Waals surface area contributed by atoms with Crippen molar-refractivity contribution < 1.29 is 19.5 Å². The minimum atomic E-state index is -1.15. The van der Waals surface area contributed by atoms with E-state index in [1.54, 1.807) is 4.57 Å². The van der Waals surface area contributed by atoms with Crippen LogP contribution < -0.4 is 0 Å². The number of carboxylic acids is 1. The number of hydrogen-bond donors (Lipinski definition) is 2. The molecule has 0 amide bonds. The molecule has 0 saturated heterocycles. The molecular weight excluding hydrogens is 484 g/mol. The second-order valence-electron chi connectivity index (χ2n) is 9.23. The second-order valence-corrected chi connectivity index (χ2v) is 9.23. The van der Waals surface area contributed by atoms with Crippen molar-refractivity contribution in [2.75, 3.05) is 0 Å². The zero-order valence-electron chi connectivity index (χ0n) is 21.1. The molecule has 10 heteroatoms. The third kappa shape index (κ3) is 4.56. The number of carboxylic acid groups (broad SMARTS) is 1. The van der Waals surface area contributed by atoms with Gasteiger partial charge < -0.3 is 9.67 Å². The van der Waals surface area contributed by atoms with Crippen molar-refractivity contribution in [1.29, 1.82) is 0 Å². The van der Waals surface area contributed by atoms with E-state index in [1.165, 1.54) is 6.92 Å². The Morgan fingerprint density at radius 2 is 1.76 bits per heavy atom. The maximum Gasteiger partial charge on any atom is 0.307 e. The van der Waals surface area contributed by atoms with Crippen LogP contribution in [0, 0.1) is 0 Å². The average molecular weight is 511 g/mol. The van der Waals surface area contributed by atoms with E-state index in [0.29, 0.717) is 24.6 Å². The summed E-state index contributed by atoms with van der Waals surface area (Å²) < 4.78 is 1.78. The van der Waals surface area contributed by atoms with E-state index in [9.17, 15) is 19.5 Å². The minimum absolute atomic E-state index is 0.0200. The molecule has 0 fully saturated rings. The lowest BCUT2D eigenvalue weighted by Gasteiger charge is -2.18. The highest BCUT2D eigenvalue weighted by Crippen LogP contribution is 2.32. The highest BCUT2D eigenvalue weighted by molar-refractivity contribution is 6.26. The van der Waals surface area contributed by atoms with Gasteiger partial charge in [-0.2, -0.15) is 5.21 Å². The number of aryl methyl sites for hydroxylation is 1. The van der Waals surface area contributed by atoms with E-state index in [1.807, 2.05) is 48.5 Å². The predicted octanol–water partition coefficient (Wildman–Crippen LogP) is 4.29. The highest BCUT2D eigenvalue weighted by atomic mass is 16.4. The van der Waals surface area contributed by atoms with Crippen molar-refractivity contribution in [3.63, 3.8) is 0 Å². The van der Waals surface area contributed by atoms with Gasteiger partial charge in [0, 0.05) is 29.7 Å². The molecule has 2 N–H and O–H groups in total. The van der Waals surface area contributed by atoms with Crippen LogP contribution in [0.2, 0.25) is 0 Å². The number of tetrazole rings is 1. The molecule has 0 radical (unpaired) electrons. The van der Waals surface area contributed by atoms with Crippen LogP contribution in [0.5, 0.6) is 0 Å². The summed E-state index contributed by atoms with van der Waals surface area (Å²) in [5.41, 5.74) is 4.12. The van der Waals surface area contributed by atoms with Gasteiger partial charge in [0.25, 0.3) is 0 Å². The highest BCUT2D eigenvalue weighted by Gasteiger charge is 2.36. The molecule has 2 aromatic heterocycles. The Morgan fingerprint density at radius 1 is 1.03 bits per heavy atom. The molecule has 4 aromatic rings. The lowest BCUT2D eigenvalue weighted by atomic mass is 9.89. The van der Waals surface area contributed by atoms with Crippen LogP contribution in [-0.2, 0) is 17.8 Å². The van der Waals surface area contributed by atoms with Gasteiger partial charge in [0.05, 0.1) is 6.42 Å². The number of ketones is 2. The Morgan fingerprint density at radius 3 is 2.42 bits per heavy atom. The summed E-state index contributed by atoms with van der Waals surface area (Å²) in [5, 5.41) is 23.7. The van der Waals surface area contributed by atoms with Crippen molar-refractivity contribution in [1.82, 2.24) is 30.2 Å². The number of H-pyrrole nitrogens is 1. The monoisotopic (exact) mass is 510 g/mol. The van der Waals surface area contributed by atoms with Gasteiger partial charge in [0.1, 0.15) is 17.2 Å². The molecule has 0 aliphatic heterocycles. The number of aromatic amines is 1. The number of fused-ring (bicyclic) bond motifs is 1. The van der Waals surface area contributed by atoms with Gasteiger partial charge in [0.15, 0.2) is 0 Å². The second kappa shape index (κ2) is 10.3. The molecular formula is C28H26N6O4. The van der Waals surface area contributed by atoms with Crippen LogP contribution in [-0.4, -0.2) is 52.8 Å². The first-order valence-corrected chi connectivity index (χ1v) is 12.4. The fourth-order valence-electron chi connectivity index (χ4n) is 4.75. The number of rotatable bonds is 9. The fraction of sp³-hybridized carbons (Fsp3) is 0.250. The van der Waals surface area contributed by atoms with Crippen LogP contribution in [0.15, 0.2) is 59.7 Å². The zero-order valence-corrected chi connectivity index (χ0v) is 21.1. The molecule has 1 aliphatic carbocycles. The largest absolute Gasteiger partial charge is 0.481 e. The van der Waals surface area contributed by atoms with E-state index in [-0.39, 0.29) is 28.3 Å². The summed E-state index contributed by atoms with van der Waals surface area (Å²) in [6.07, 6.45) is 1.88. The number of carbonyl (C=O) groups excluding carboxylic acids is 2. The van der Waals surface area contributed by atoms with Crippen molar-refractivity contribution >= 4 is 17.5 Å². The third-order valence-corrected chi connectivity index (χ3v) is 6.75. The molecule has 192 valence electrons. The number of allylic oxidation sites excluding steroid dienone is 1. The van der Waals surface area contributed by atoms with Crippen LogP contribution >= 0.6 is 0 Å². The Hall–Kier alpha value is -4.73. The number of benzene rings is 2. The lowest BCUT2D eigenvalue weighted by molar-refractivity contribution is -0.136. The van der Waals surface area contributed by atoms with E-state index >= 15 is 0 Å². The molecule has 0 bridgehead atoms. The van der Waals surface area contributed by atoms with Gasteiger partial charge >= 0.3 is 5.97 Å². The summed E-state index contributed by atoms with van der Waals surface area (Å²) in [5.74, 6) is -0.840. The number of hydrogen-bond acceptors (Lipinski definition) is 7. The lowest BCUT2D eigenvalue weighted by Crippen LogP contribution is -2.25. The zero-order chi connectivity index (χ0) is 26.8. The molecule has 0 atom stereocenters. The molecule has 0 saturated carbocycles. The number of carbonyl (C=O) groups is 3. The Bertz CT molecular complexity index is 1570. The first kappa shape index (κ1) is 24.9. The van der Waals surface area contributed by atoms with Gasteiger partial charge in [-0.1, -0.05) is 61.9 Å². The minimum Gasteiger partial charge on any atom is -0.481 e. The molecule has 2 heterocycles. The molecule has 1 aliphatic rings. The third-order valence-electron chi connectivity index (χ3n) is 6.75. The molecule has 10 nitrogen and oxygen atoms in total. The average Bonchev–Trinajstić information content (AvgIpc) is 3.58. The first-order valence-electron chi connectivity index (χ1n) is 12.4. The first-order chi connectivity index (χ1) is 18.4. The predicted molar refractivity (Wildman–Crippen MR) is 139 cm³/mol. The van der Waals surface area contributed by atoms with Gasteiger partial charge in [-0.15, -0.1) is 10.2 Å². The number of nitrogens with zero attached hydrogens (tertiary/aromatic N) is 5. The van der Waals surface area contributed by atoms with E-state index in [0.717, 1.165) is 35.1 Å². The van der Waals surface area contributed by atoms with Crippen LogP contribution in [0.4, 0.5) is 0 Å². The normalized spacial score (nSPS) is 13.2. The molecule has 0 unspecified atom stereocenters. The molecule has 5 rings (SSSR count). The summed E-state index contributed by atoms with van der Waals surface area (Å²) >= 11 is 0. The van der Waals surface area contributed by atoms with Crippen molar-refractivity contribution in [3.05, 3.63) is 82.5 Å². The SMILES string of the molecule is CCCCc1nc2c(n1Cc1ccc(-c3ccccc3-c3nn[nH]n3)cc1)C(=O)C(CC(=O)O)=C(C)C2=O. The van der Waals surface area contributed by atoms with Crippen LogP contribution in [0.1, 0.15) is 65.5 Å². The molecule has 2 aromatic carbocycles. The van der Waals surface area contributed by atoms with Crippen molar-refractivity contribution in [2.24, 2.45) is 0 Å². The number of unbranched alkanes of at least 4 members (excludes halogenated alkanes) is 1. The Kier molecular flexibility index (Phi) is 6.78. The van der Waals surface area contributed by atoms with Crippen molar-refractivity contribution in [3.8, 4) is 22.5 Å². The summed E-state index contributed by atoms with van der Waals surface area (Å²) in [6, 6.07) is 15.7. The molecule has 38 heavy (non-hydrogen) atoms. The quantitative estimate of drug-likeness (QED) is 0.339. The standard InChI is InChI=1S/C28H26N6O4/c1-3-4-9-22-29-24-25(27(38)21(14-23(35)36)16(2)26(24)37)34(22)15-17-10-12-18(13-11-17)19-7-5-6-8-20(19)28-30-32-33-31-28/h5-8,10-13H,3-4,9,14-15H2,1-2H3,(H,35,36)(H,30,31,32,33). The van der Waals surface area contributed by atoms with Crippen LogP contribution in [0.25, 0.3) is 22.5 Å². The number of nitrogens with one attached hydrogen (secondary N) is 1. The van der Waals surface area contributed by atoms with E-state index in [2.05, 4.69) is 32.5 Å². The van der Waals surface area contributed by atoms with Crippen LogP contribution in [0.3, 0.4) is 0 Å². The topological polar surface area (TPSA) is 144 Å². The van der Waals surface area contributed by atoms with Gasteiger partial charge in [0.2, 0.25) is 17.4 Å². The maximum absolute atomic E-state index is 13.4. The number of aliphatic carboxylic acids is 1.